The lowest BCUT2D eigenvalue weighted by Crippen LogP contribution is -2.03. The maximum Gasteiger partial charge on any atom is 0.347 e. The van der Waals surface area contributed by atoms with Crippen molar-refractivity contribution in [1.29, 1.82) is 0 Å². The van der Waals surface area contributed by atoms with Crippen molar-refractivity contribution in [2.45, 2.75) is 0 Å². The van der Waals surface area contributed by atoms with Gasteiger partial charge in [0.2, 0.25) is 0 Å². The maximum atomic E-state index is 12.2. The first-order valence-electron chi connectivity index (χ1n) is 6.49. The van der Waals surface area contributed by atoms with Gasteiger partial charge in [0.25, 0.3) is 0 Å². The van der Waals surface area contributed by atoms with Gasteiger partial charge >= 0.3 is 5.63 Å². The number of nitrogens with two attached hydrogens (primary N) is 1. The maximum absolute atomic E-state index is 12.2. The van der Waals surface area contributed by atoms with Gasteiger partial charge in [-0.2, -0.15) is 0 Å². The van der Waals surface area contributed by atoms with Crippen molar-refractivity contribution in [2.75, 3.05) is 5.73 Å². The van der Waals surface area contributed by atoms with Crippen LogP contribution in [0.4, 0.5) is 5.69 Å². The van der Waals surface area contributed by atoms with E-state index in [2.05, 4.69) is 9.97 Å². The average Bonchev–Trinajstić information content (AvgIpc) is 2.90. The highest BCUT2D eigenvalue weighted by Crippen LogP contribution is 2.22. The third-order valence-electron chi connectivity index (χ3n) is 3.40. The van der Waals surface area contributed by atoms with E-state index in [4.69, 9.17) is 10.2 Å². The van der Waals surface area contributed by atoms with Crippen molar-refractivity contribution in [2.24, 2.45) is 0 Å². The van der Waals surface area contributed by atoms with E-state index >= 15 is 0 Å². The summed E-state index contributed by atoms with van der Waals surface area (Å²) in [6.45, 7) is 0. The molecule has 2 heterocycles. The SMILES string of the molecule is Nc1ccc2cc(-c3nc4ccccc4[nH]3)c(=O)oc2c1. The van der Waals surface area contributed by atoms with Crippen LogP contribution in [0.15, 0.2) is 57.7 Å². The number of imidazole rings is 1. The van der Waals surface area contributed by atoms with Crippen LogP contribution in [-0.4, -0.2) is 9.97 Å². The van der Waals surface area contributed by atoms with Crippen molar-refractivity contribution in [1.82, 2.24) is 9.97 Å². The summed E-state index contributed by atoms with van der Waals surface area (Å²) in [7, 11) is 0. The van der Waals surface area contributed by atoms with E-state index in [0.717, 1.165) is 16.4 Å². The van der Waals surface area contributed by atoms with Gasteiger partial charge in [0, 0.05) is 17.1 Å². The molecule has 0 fully saturated rings. The Kier molecular flexibility index (Phi) is 2.35. The number of benzene rings is 2. The highest BCUT2D eigenvalue weighted by Gasteiger charge is 2.12. The van der Waals surface area contributed by atoms with E-state index in [9.17, 15) is 4.79 Å². The molecule has 0 unspecified atom stereocenters. The smallest absolute Gasteiger partial charge is 0.347 e. The van der Waals surface area contributed by atoms with Crippen LogP contribution in [0, 0.1) is 0 Å². The van der Waals surface area contributed by atoms with Gasteiger partial charge in [-0.1, -0.05) is 12.1 Å². The molecule has 5 nitrogen and oxygen atoms in total. The lowest BCUT2D eigenvalue weighted by Gasteiger charge is -2.00. The summed E-state index contributed by atoms with van der Waals surface area (Å²) in [5.41, 5.74) is 8.38. The first kappa shape index (κ1) is 11.7. The van der Waals surface area contributed by atoms with Crippen LogP contribution in [0.1, 0.15) is 0 Å². The minimum absolute atomic E-state index is 0.406. The molecular weight excluding hydrogens is 266 g/mol. The molecule has 102 valence electrons. The van der Waals surface area contributed by atoms with Gasteiger partial charge in [0.1, 0.15) is 17.0 Å². The van der Waals surface area contributed by atoms with Crippen LogP contribution in [0.2, 0.25) is 0 Å². The van der Waals surface area contributed by atoms with Crippen molar-refractivity contribution in [3.63, 3.8) is 0 Å². The molecule has 0 spiro atoms. The van der Waals surface area contributed by atoms with Gasteiger partial charge in [-0.3, -0.25) is 0 Å². The van der Waals surface area contributed by atoms with E-state index < -0.39 is 5.63 Å². The fraction of sp³-hybridized carbons (Fsp3) is 0. The lowest BCUT2D eigenvalue weighted by atomic mass is 10.1. The second-order valence-corrected chi connectivity index (χ2v) is 4.85. The van der Waals surface area contributed by atoms with Crippen LogP contribution < -0.4 is 11.4 Å². The molecule has 3 N–H and O–H groups in total. The Morgan fingerprint density at radius 3 is 2.81 bits per heavy atom. The first-order valence-corrected chi connectivity index (χ1v) is 6.49. The lowest BCUT2D eigenvalue weighted by molar-refractivity contribution is 0.563. The van der Waals surface area contributed by atoms with Crippen LogP contribution in [0.25, 0.3) is 33.4 Å². The summed E-state index contributed by atoms with van der Waals surface area (Å²) < 4.78 is 5.33. The molecular formula is C16H11N3O2. The number of hydrogen-bond donors (Lipinski definition) is 2. The number of aromatic amines is 1. The molecule has 0 saturated carbocycles. The number of anilines is 1. The monoisotopic (exact) mass is 277 g/mol. The Hall–Kier alpha value is -3.08. The predicted octanol–water partition coefficient (Wildman–Crippen LogP) is 2.92. The minimum Gasteiger partial charge on any atom is -0.422 e. The first-order chi connectivity index (χ1) is 10.2. The normalized spacial score (nSPS) is 11.2. The van der Waals surface area contributed by atoms with Crippen molar-refractivity contribution >= 4 is 27.7 Å². The van der Waals surface area contributed by atoms with Crippen molar-refractivity contribution in [3.8, 4) is 11.4 Å². The molecule has 5 heteroatoms. The van der Waals surface area contributed by atoms with Crippen LogP contribution in [-0.2, 0) is 0 Å². The highest BCUT2D eigenvalue weighted by molar-refractivity contribution is 5.85. The molecule has 0 saturated heterocycles. The largest absolute Gasteiger partial charge is 0.422 e. The molecule has 0 aliphatic rings. The number of para-hydroxylation sites is 2. The number of aromatic nitrogens is 2. The number of nitrogen functional groups attached to an aromatic ring is 1. The zero-order chi connectivity index (χ0) is 14.4. The Morgan fingerprint density at radius 1 is 1.10 bits per heavy atom. The summed E-state index contributed by atoms with van der Waals surface area (Å²) in [6.07, 6.45) is 0. The van der Waals surface area contributed by atoms with Gasteiger partial charge in [-0.25, -0.2) is 9.78 Å². The Labute approximate surface area is 119 Å². The number of nitrogens with zero attached hydrogens (tertiary/aromatic N) is 1. The number of fused-ring (bicyclic) bond motifs is 2. The summed E-state index contributed by atoms with van der Waals surface area (Å²) >= 11 is 0. The molecule has 0 aliphatic heterocycles. The summed E-state index contributed by atoms with van der Waals surface area (Å²) in [6, 6.07) is 14.6. The molecule has 0 aliphatic carbocycles. The van der Waals surface area contributed by atoms with Crippen LogP contribution >= 0.6 is 0 Å². The van der Waals surface area contributed by atoms with E-state index in [1.807, 2.05) is 30.3 Å². The molecule has 4 rings (SSSR count). The fourth-order valence-electron chi connectivity index (χ4n) is 2.37. The quantitative estimate of drug-likeness (QED) is 0.414. The van der Waals surface area contributed by atoms with Crippen molar-refractivity contribution < 1.29 is 4.42 Å². The van der Waals surface area contributed by atoms with Crippen molar-refractivity contribution in [3.05, 3.63) is 59.0 Å². The predicted molar refractivity (Wildman–Crippen MR) is 82.0 cm³/mol. The van der Waals surface area contributed by atoms with Gasteiger partial charge in [0.05, 0.1) is 11.0 Å². The number of hydrogen-bond acceptors (Lipinski definition) is 4. The van der Waals surface area contributed by atoms with Gasteiger partial charge in [-0.15, -0.1) is 0 Å². The third kappa shape index (κ3) is 1.87. The second kappa shape index (κ2) is 4.21. The second-order valence-electron chi connectivity index (χ2n) is 4.85. The Balaban J connectivity index is 1.99. The molecule has 0 bridgehead atoms. The number of H-pyrrole nitrogens is 1. The fourth-order valence-corrected chi connectivity index (χ4v) is 2.37. The Bertz CT molecular complexity index is 997. The zero-order valence-electron chi connectivity index (χ0n) is 11.0. The van der Waals surface area contributed by atoms with Crippen LogP contribution in [0.3, 0.4) is 0 Å². The molecule has 0 amide bonds. The molecule has 4 aromatic rings. The number of nitrogens with one attached hydrogen (secondary N) is 1. The minimum atomic E-state index is -0.438. The van der Waals surface area contributed by atoms with E-state index in [1.54, 1.807) is 18.2 Å². The average molecular weight is 277 g/mol. The highest BCUT2D eigenvalue weighted by atomic mass is 16.4. The Morgan fingerprint density at radius 2 is 1.95 bits per heavy atom. The van der Waals surface area contributed by atoms with Crippen LogP contribution in [0.5, 0.6) is 0 Å². The summed E-state index contributed by atoms with van der Waals surface area (Å²) in [4.78, 5) is 19.7. The standard InChI is InChI=1S/C16H11N3O2/c17-10-6-5-9-7-11(16(20)21-14(9)8-10)15-18-12-3-1-2-4-13(12)19-15/h1-8H,17H2,(H,18,19). The summed E-state index contributed by atoms with van der Waals surface area (Å²) in [5.74, 6) is 0.503. The van der Waals surface area contributed by atoms with Gasteiger partial charge in [-0.05, 0) is 30.3 Å². The van der Waals surface area contributed by atoms with E-state index in [0.29, 0.717) is 22.7 Å². The molecule has 2 aromatic carbocycles. The molecule has 2 aromatic heterocycles. The number of rotatable bonds is 1. The summed E-state index contributed by atoms with van der Waals surface area (Å²) in [5, 5.41) is 0.805. The van der Waals surface area contributed by atoms with Gasteiger partial charge in [0.15, 0.2) is 0 Å². The topological polar surface area (TPSA) is 84.9 Å². The van der Waals surface area contributed by atoms with E-state index in [-0.39, 0.29) is 0 Å². The van der Waals surface area contributed by atoms with Gasteiger partial charge < -0.3 is 15.1 Å². The molecule has 0 atom stereocenters. The van der Waals surface area contributed by atoms with E-state index in [1.165, 1.54) is 0 Å². The molecule has 0 radical (unpaired) electrons. The third-order valence-corrected chi connectivity index (χ3v) is 3.40. The molecule has 21 heavy (non-hydrogen) atoms. The zero-order valence-corrected chi connectivity index (χ0v) is 11.0.